The molecule has 0 saturated carbocycles. The van der Waals surface area contributed by atoms with Gasteiger partial charge in [0.25, 0.3) is 0 Å². The molecule has 0 saturated heterocycles. The number of pyridine rings is 1. The Kier molecular flexibility index (Phi) is 5.06. The van der Waals surface area contributed by atoms with E-state index in [0.717, 1.165) is 22.4 Å². The highest BCUT2D eigenvalue weighted by molar-refractivity contribution is 5.93. The maximum Gasteiger partial charge on any atom is 0.238 e. The van der Waals surface area contributed by atoms with Crippen LogP contribution in [-0.4, -0.2) is 17.4 Å². The molecule has 0 aliphatic carbocycles. The van der Waals surface area contributed by atoms with Crippen LogP contribution in [0.4, 0.5) is 5.69 Å². The Hall–Kier alpha value is -2.20. The fourth-order valence-electron chi connectivity index (χ4n) is 2.38. The van der Waals surface area contributed by atoms with E-state index in [9.17, 15) is 4.79 Å². The van der Waals surface area contributed by atoms with Crippen LogP contribution in [-0.2, 0) is 11.3 Å². The lowest BCUT2D eigenvalue weighted by atomic mass is 10.1. The predicted octanol–water partition coefficient (Wildman–Crippen LogP) is 2.74. The Labute approximate surface area is 125 Å². The van der Waals surface area contributed by atoms with Gasteiger partial charge in [0.15, 0.2) is 0 Å². The minimum Gasteiger partial charge on any atom is -0.324 e. The highest BCUT2D eigenvalue weighted by Gasteiger charge is 2.07. The molecule has 0 fully saturated rings. The monoisotopic (exact) mass is 283 g/mol. The molecule has 2 aromatic rings. The van der Waals surface area contributed by atoms with E-state index in [1.165, 1.54) is 5.56 Å². The van der Waals surface area contributed by atoms with E-state index in [2.05, 4.69) is 34.7 Å². The van der Waals surface area contributed by atoms with Gasteiger partial charge in [0.05, 0.1) is 6.54 Å². The SMILES string of the molecule is Cc1cc(C)c(NC(=O)CNCc2ccncc2)c(C)c1. The first-order valence-corrected chi connectivity index (χ1v) is 7.03. The van der Waals surface area contributed by atoms with Crippen LogP contribution in [0.15, 0.2) is 36.7 Å². The Morgan fingerprint density at radius 2 is 1.71 bits per heavy atom. The number of aryl methyl sites for hydroxylation is 3. The summed E-state index contributed by atoms with van der Waals surface area (Å²) in [5, 5.41) is 6.11. The molecule has 1 aromatic carbocycles. The van der Waals surface area contributed by atoms with Gasteiger partial charge < -0.3 is 10.6 Å². The summed E-state index contributed by atoms with van der Waals surface area (Å²) in [6, 6.07) is 8.01. The predicted molar refractivity (Wildman–Crippen MR) is 85.2 cm³/mol. The second-order valence-corrected chi connectivity index (χ2v) is 5.28. The minimum atomic E-state index is -0.0286. The van der Waals surface area contributed by atoms with Gasteiger partial charge in [-0.25, -0.2) is 0 Å². The van der Waals surface area contributed by atoms with Crippen molar-refractivity contribution in [3.63, 3.8) is 0 Å². The minimum absolute atomic E-state index is 0.0286. The number of carbonyl (C=O) groups excluding carboxylic acids is 1. The molecule has 0 aliphatic rings. The number of rotatable bonds is 5. The molecule has 21 heavy (non-hydrogen) atoms. The molecule has 0 unspecified atom stereocenters. The van der Waals surface area contributed by atoms with Crippen LogP contribution in [0, 0.1) is 20.8 Å². The lowest BCUT2D eigenvalue weighted by Gasteiger charge is -2.13. The van der Waals surface area contributed by atoms with Crippen LogP contribution >= 0.6 is 0 Å². The third kappa shape index (κ3) is 4.39. The normalized spacial score (nSPS) is 10.4. The Morgan fingerprint density at radius 1 is 1.10 bits per heavy atom. The molecular weight excluding hydrogens is 262 g/mol. The molecule has 1 amide bonds. The summed E-state index contributed by atoms with van der Waals surface area (Å²) in [5.74, 6) is -0.0286. The van der Waals surface area contributed by atoms with Crippen LogP contribution in [0.25, 0.3) is 0 Å². The molecule has 0 atom stereocenters. The molecule has 2 rings (SSSR count). The van der Waals surface area contributed by atoms with Crippen molar-refractivity contribution >= 4 is 11.6 Å². The average Bonchev–Trinajstić information content (AvgIpc) is 2.44. The summed E-state index contributed by atoms with van der Waals surface area (Å²) in [5.41, 5.74) is 5.42. The van der Waals surface area contributed by atoms with Crippen molar-refractivity contribution in [3.05, 3.63) is 58.9 Å². The molecular formula is C17H21N3O. The molecule has 4 heteroatoms. The first kappa shape index (κ1) is 15.2. The molecule has 1 heterocycles. The molecule has 110 valence electrons. The number of amides is 1. The van der Waals surface area contributed by atoms with Crippen molar-refractivity contribution in [2.45, 2.75) is 27.3 Å². The van der Waals surface area contributed by atoms with Crippen LogP contribution < -0.4 is 10.6 Å². The number of aromatic nitrogens is 1. The van der Waals surface area contributed by atoms with Gasteiger partial charge in [-0.2, -0.15) is 0 Å². The van der Waals surface area contributed by atoms with E-state index in [4.69, 9.17) is 0 Å². The maximum absolute atomic E-state index is 12.0. The third-order valence-corrected chi connectivity index (χ3v) is 3.31. The number of nitrogens with one attached hydrogen (secondary N) is 2. The Morgan fingerprint density at radius 3 is 2.33 bits per heavy atom. The summed E-state index contributed by atoms with van der Waals surface area (Å²) in [6.07, 6.45) is 3.49. The zero-order valence-corrected chi connectivity index (χ0v) is 12.7. The van der Waals surface area contributed by atoms with E-state index in [0.29, 0.717) is 6.54 Å². The fraction of sp³-hybridized carbons (Fsp3) is 0.294. The first-order chi connectivity index (χ1) is 10.1. The highest BCUT2D eigenvalue weighted by Crippen LogP contribution is 2.21. The van der Waals surface area contributed by atoms with Crippen LogP contribution in [0.1, 0.15) is 22.3 Å². The molecule has 0 radical (unpaired) electrons. The summed E-state index contributed by atoms with van der Waals surface area (Å²) in [6.45, 7) is 7.03. The molecule has 0 bridgehead atoms. The molecule has 2 N–H and O–H groups in total. The number of nitrogens with zero attached hydrogens (tertiary/aromatic N) is 1. The van der Waals surface area contributed by atoms with Gasteiger partial charge in [-0.15, -0.1) is 0 Å². The van der Waals surface area contributed by atoms with Crippen molar-refractivity contribution < 1.29 is 4.79 Å². The highest BCUT2D eigenvalue weighted by atomic mass is 16.1. The van der Waals surface area contributed by atoms with E-state index < -0.39 is 0 Å². The first-order valence-electron chi connectivity index (χ1n) is 7.03. The summed E-state index contributed by atoms with van der Waals surface area (Å²) in [4.78, 5) is 16.0. The molecule has 0 aliphatic heterocycles. The van der Waals surface area contributed by atoms with Crippen LogP contribution in [0.5, 0.6) is 0 Å². The number of benzene rings is 1. The topological polar surface area (TPSA) is 54.0 Å². The lowest BCUT2D eigenvalue weighted by molar-refractivity contribution is -0.115. The van der Waals surface area contributed by atoms with E-state index in [1.807, 2.05) is 26.0 Å². The van der Waals surface area contributed by atoms with Crippen molar-refractivity contribution in [1.29, 1.82) is 0 Å². The molecule has 4 nitrogen and oxygen atoms in total. The van der Waals surface area contributed by atoms with Gasteiger partial charge >= 0.3 is 0 Å². The zero-order valence-electron chi connectivity index (χ0n) is 12.7. The van der Waals surface area contributed by atoms with Gasteiger partial charge in [0.2, 0.25) is 5.91 Å². The Bertz CT molecular complexity index is 600. The molecule has 0 spiro atoms. The van der Waals surface area contributed by atoms with Gasteiger partial charge in [-0.1, -0.05) is 17.7 Å². The van der Waals surface area contributed by atoms with Gasteiger partial charge in [0.1, 0.15) is 0 Å². The van der Waals surface area contributed by atoms with Crippen LogP contribution in [0.2, 0.25) is 0 Å². The van der Waals surface area contributed by atoms with Crippen molar-refractivity contribution in [2.75, 3.05) is 11.9 Å². The van der Waals surface area contributed by atoms with E-state index in [-0.39, 0.29) is 12.5 Å². The standard InChI is InChI=1S/C17H21N3O/c1-12-8-13(2)17(14(3)9-12)20-16(21)11-19-10-15-4-6-18-7-5-15/h4-9,19H,10-11H2,1-3H3,(H,20,21). The zero-order chi connectivity index (χ0) is 15.2. The second kappa shape index (κ2) is 6.99. The number of hydrogen-bond donors (Lipinski definition) is 2. The fourth-order valence-corrected chi connectivity index (χ4v) is 2.38. The number of anilines is 1. The number of hydrogen-bond acceptors (Lipinski definition) is 3. The van der Waals surface area contributed by atoms with Crippen molar-refractivity contribution in [1.82, 2.24) is 10.3 Å². The van der Waals surface area contributed by atoms with Crippen LogP contribution in [0.3, 0.4) is 0 Å². The van der Waals surface area contributed by atoms with Crippen molar-refractivity contribution in [3.8, 4) is 0 Å². The van der Waals surface area contributed by atoms with E-state index >= 15 is 0 Å². The largest absolute Gasteiger partial charge is 0.324 e. The number of carbonyl (C=O) groups is 1. The average molecular weight is 283 g/mol. The second-order valence-electron chi connectivity index (χ2n) is 5.28. The van der Waals surface area contributed by atoms with Gasteiger partial charge in [-0.05, 0) is 49.6 Å². The smallest absolute Gasteiger partial charge is 0.238 e. The maximum atomic E-state index is 12.0. The van der Waals surface area contributed by atoms with E-state index in [1.54, 1.807) is 12.4 Å². The van der Waals surface area contributed by atoms with Gasteiger partial charge in [-0.3, -0.25) is 9.78 Å². The lowest BCUT2D eigenvalue weighted by Crippen LogP contribution is -2.28. The quantitative estimate of drug-likeness (QED) is 0.887. The Balaban J connectivity index is 1.88. The van der Waals surface area contributed by atoms with Crippen molar-refractivity contribution in [2.24, 2.45) is 0 Å². The van der Waals surface area contributed by atoms with Gasteiger partial charge in [0, 0.05) is 24.6 Å². The summed E-state index contributed by atoms with van der Waals surface area (Å²) in [7, 11) is 0. The molecule has 1 aromatic heterocycles. The third-order valence-electron chi connectivity index (χ3n) is 3.31. The summed E-state index contributed by atoms with van der Waals surface area (Å²) >= 11 is 0. The summed E-state index contributed by atoms with van der Waals surface area (Å²) < 4.78 is 0.